The van der Waals surface area contributed by atoms with Crippen molar-refractivity contribution in [2.24, 2.45) is 0 Å². The topological polar surface area (TPSA) is 65.1 Å². The van der Waals surface area contributed by atoms with E-state index in [2.05, 4.69) is 10.6 Å². The highest BCUT2D eigenvalue weighted by Gasteiger charge is 2.59. The van der Waals surface area contributed by atoms with Crippen LogP contribution in [0.1, 0.15) is 0 Å². The van der Waals surface area contributed by atoms with Gasteiger partial charge in [-0.1, -0.05) is 0 Å². The zero-order chi connectivity index (χ0) is 7.71. The minimum absolute atomic E-state index is 0.273. The van der Waals surface area contributed by atoms with Crippen molar-refractivity contribution in [1.29, 1.82) is 0 Å². The predicted octanol–water partition coefficient (Wildman–Crippen LogP) is -1.73. The summed E-state index contributed by atoms with van der Waals surface area (Å²) in [6, 6.07) is 0. The molecule has 12 heavy (non-hydrogen) atoms. The predicted molar refractivity (Wildman–Crippen MR) is 31.3 cm³/mol. The first-order valence-corrected chi connectivity index (χ1v) is 3.92. The SMILES string of the molecule is [N]1C2OC3OC2[N]C2OC3OC12. The van der Waals surface area contributed by atoms with E-state index in [0.29, 0.717) is 0 Å². The monoisotopic (exact) mass is 170 g/mol. The van der Waals surface area contributed by atoms with Crippen molar-refractivity contribution in [3.05, 3.63) is 0 Å². The lowest BCUT2D eigenvalue weighted by molar-refractivity contribution is -0.202. The van der Waals surface area contributed by atoms with Gasteiger partial charge in [0, 0.05) is 0 Å². The van der Waals surface area contributed by atoms with E-state index in [1.54, 1.807) is 0 Å². The molecule has 0 saturated carbocycles. The molecule has 5 saturated heterocycles. The molecule has 6 heteroatoms. The largest absolute Gasteiger partial charge is 0.323 e. The van der Waals surface area contributed by atoms with Crippen LogP contribution >= 0.6 is 0 Å². The first kappa shape index (κ1) is 6.25. The third-order valence-electron chi connectivity index (χ3n) is 2.39. The summed E-state index contributed by atoms with van der Waals surface area (Å²) in [6.07, 6.45) is -1.97. The van der Waals surface area contributed by atoms with E-state index < -0.39 is 12.6 Å². The van der Waals surface area contributed by atoms with Crippen LogP contribution in [0.5, 0.6) is 0 Å². The number of piperazine rings is 1. The molecule has 0 N–H and O–H groups in total. The van der Waals surface area contributed by atoms with Crippen LogP contribution < -0.4 is 10.6 Å². The molecule has 0 aromatic carbocycles. The Kier molecular flexibility index (Phi) is 0.946. The van der Waals surface area contributed by atoms with Gasteiger partial charge in [-0.2, -0.15) is 10.6 Å². The molecule has 2 radical (unpaired) electrons. The maximum Gasteiger partial charge on any atom is 0.213 e. The number of rotatable bonds is 0. The smallest absolute Gasteiger partial charge is 0.213 e. The number of nitrogens with zero attached hydrogens (tertiary/aromatic N) is 2. The molecule has 0 amide bonds. The summed E-state index contributed by atoms with van der Waals surface area (Å²) in [7, 11) is 0. The standard InChI is InChI=1S/C6H6N2O4/c7-1-2-8-4-3(7)11-6(12-4)5(9-1)10-2/h1-6H. The van der Waals surface area contributed by atoms with Crippen molar-refractivity contribution in [3.63, 3.8) is 0 Å². The Morgan fingerprint density at radius 3 is 1.25 bits per heavy atom. The average molecular weight is 170 g/mol. The molecule has 5 aliphatic heterocycles. The van der Waals surface area contributed by atoms with Gasteiger partial charge >= 0.3 is 0 Å². The lowest BCUT2D eigenvalue weighted by Crippen LogP contribution is -2.56. The summed E-state index contributed by atoms with van der Waals surface area (Å²) >= 11 is 0. The van der Waals surface area contributed by atoms with Crippen molar-refractivity contribution in [2.45, 2.75) is 37.5 Å². The molecular formula is C6H6N2O4. The summed E-state index contributed by atoms with van der Waals surface area (Å²) < 4.78 is 21.5. The minimum atomic E-state index is -0.440. The second kappa shape index (κ2) is 1.82. The quantitative estimate of drug-likeness (QED) is 0.433. The summed E-state index contributed by atoms with van der Waals surface area (Å²) in [5.74, 6) is 0. The van der Waals surface area contributed by atoms with Crippen LogP contribution in [0.15, 0.2) is 0 Å². The Bertz CT molecular complexity index is 194. The molecule has 4 atom stereocenters. The maximum atomic E-state index is 5.37. The Hall–Kier alpha value is -0.240. The summed E-state index contributed by atoms with van der Waals surface area (Å²) in [5, 5.41) is 8.48. The van der Waals surface area contributed by atoms with Gasteiger partial charge in [0.2, 0.25) is 12.6 Å². The van der Waals surface area contributed by atoms with E-state index in [9.17, 15) is 0 Å². The van der Waals surface area contributed by atoms with Crippen LogP contribution in [0.4, 0.5) is 0 Å². The fourth-order valence-electron chi connectivity index (χ4n) is 1.86. The minimum Gasteiger partial charge on any atom is -0.323 e. The van der Waals surface area contributed by atoms with E-state index >= 15 is 0 Å². The molecule has 6 nitrogen and oxygen atoms in total. The first-order chi connectivity index (χ1) is 5.90. The fourth-order valence-corrected chi connectivity index (χ4v) is 1.86. The van der Waals surface area contributed by atoms with Gasteiger partial charge in [0.05, 0.1) is 0 Å². The number of hydrogen-bond acceptors (Lipinski definition) is 4. The number of ether oxygens (including phenoxy) is 4. The maximum absolute atomic E-state index is 5.37. The van der Waals surface area contributed by atoms with E-state index in [-0.39, 0.29) is 24.9 Å². The average Bonchev–Trinajstić information content (AvgIpc) is 2.48. The summed E-state index contributed by atoms with van der Waals surface area (Å²) in [4.78, 5) is 0. The lowest BCUT2D eigenvalue weighted by atomic mass is 10.3. The molecule has 5 rings (SSSR count). The summed E-state index contributed by atoms with van der Waals surface area (Å²) in [5.41, 5.74) is 0. The van der Waals surface area contributed by atoms with E-state index in [4.69, 9.17) is 18.9 Å². The molecule has 5 heterocycles. The molecular weight excluding hydrogens is 164 g/mol. The van der Waals surface area contributed by atoms with Crippen molar-refractivity contribution in [1.82, 2.24) is 10.6 Å². The van der Waals surface area contributed by atoms with Gasteiger partial charge in [-0.15, -0.1) is 0 Å². The van der Waals surface area contributed by atoms with Gasteiger partial charge < -0.3 is 18.9 Å². The zero-order valence-corrected chi connectivity index (χ0v) is 5.99. The Morgan fingerprint density at radius 2 is 0.917 bits per heavy atom. The van der Waals surface area contributed by atoms with Gasteiger partial charge in [0.1, 0.15) is 0 Å². The molecule has 5 aliphatic rings. The normalized spacial score (nSPS) is 66.0. The Labute approximate surface area is 68.1 Å². The van der Waals surface area contributed by atoms with Crippen LogP contribution in [0, 0.1) is 0 Å². The lowest BCUT2D eigenvalue weighted by Gasteiger charge is -2.28. The van der Waals surface area contributed by atoms with Crippen LogP contribution in [0.25, 0.3) is 0 Å². The van der Waals surface area contributed by atoms with Crippen LogP contribution in [0.3, 0.4) is 0 Å². The molecule has 0 aromatic heterocycles. The molecule has 0 aromatic rings. The van der Waals surface area contributed by atoms with Gasteiger partial charge in [-0.25, -0.2) is 0 Å². The molecule has 0 aliphatic carbocycles. The highest BCUT2D eigenvalue weighted by atomic mass is 16.8. The van der Waals surface area contributed by atoms with Crippen molar-refractivity contribution >= 4 is 0 Å². The third kappa shape index (κ3) is 0.586. The highest BCUT2D eigenvalue weighted by molar-refractivity contribution is 4.92. The van der Waals surface area contributed by atoms with E-state index in [0.717, 1.165) is 0 Å². The molecule has 4 unspecified atom stereocenters. The van der Waals surface area contributed by atoms with Crippen molar-refractivity contribution in [3.8, 4) is 0 Å². The van der Waals surface area contributed by atoms with E-state index in [1.807, 2.05) is 0 Å². The molecule has 5 fully saturated rings. The van der Waals surface area contributed by atoms with Crippen LogP contribution in [0.2, 0.25) is 0 Å². The van der Waals surface area contributed by atoms with Gasteiger partial charge in [-0.3, -0.25) is 0 Å². The van der Waals surface area contributed by atoms with Crippen molar-refractivity contribution in [2.75, 3.05) is 0 Å². The van der Waals surface area contributed by atoms with Gasteiger partial charge in [0.15, 0.2) is 24.9 Å². The van der Waals surface area contributed by atoms with Gasteiger partial charge in [-0.05, 0) is 0 Å². The molecule has 64 valence electrons. The van der Waals surface area contributed by atoms with E-state index in [1.165, 1.54) is 0 Å². The second-order valence-corrected chi connectivity index (χ2v) is 3.14. The summed E-state index contributed by atoms with van der Waals surface area (Å²) in [6.45, 7) is 0. The zero-order valence-electron chi connectivity index (χ0n) is 5.99. The number of hydrogen-bond donors (Lipinski definition) is 0. The fraction of sp³-hybridized carbons (Fsp3) is 1.00. The van der Waals surface area contributed by atoms with Gasteiger partial charge in [0.25, 0.3) is 0 Å². The second-order valence-electron chi connectivity index (χ2n) is 3.14. The Morgan fingerprint density at radius 1 is 0.583 bits per heavy atom. The van der Waals surface area contributed by atoms with Crippen LogP contribution in [-0.2, 0) is 18.9 Å². The molecule has 6 bridgehead atoms. The van der Waals surface area contributed by atoms with Crippen molar-refractivity contribution < 1.29 is 18.9 Å². The third-order valence-corrected chi connectivity index (χ3v) is 2.39. The highest BCUT2D eigenvalue weighted by Crippen LogP contribution is 2.37. The first-order valence-electron chi connectivity index (χ1n) is 3.92. The van der Waals surface area contributed by atoms with Crippen LogP contribution in [-0.4, -0.2) is 37.5 Å². The Balaban J connectivity index is 1.84. The molecule has 0 spiro atoms.